The first-order chi connectivity index (χ1) is 15.1. The van der Waals surface area contributed by atoms with Gasteiger partial charge in [0.05, 0.1) is 34.9 Å². The van der Waals surface area contributed by atoms with Crippen molar-refractivity contribution in [1.82, 2.24) is 30.8 Å². The molecule has 3 amide bonds. The highest BCUT2D eigenvalue weighted by Crippen LogP contribution is 2.33. The van der Waals surface area contributed by atoms with Crippen molar-refractivity contribution in [2.45, 2.75) is 58.6 Å². The molecule has 0 aromatic carbocycles. The molecule has 32 heavy (non-hydrogen) atoms. The van der Waals surface area contributed by atoms with Crippen molar-refractivity contribution in [3.05, 3.63) is 30.2 Å². The van der Waals surface area contributed by atoms with Gasteiger partial charge in [0.15, 0.2) is 0 Å². The van der Waals surface area contributed by atoms with Gasteiger partial charge in [-0.1, -0.05) is 13.3 Å². The number of aryl methyl sites for hydroxylation is 1. The van der Waals surface area contributed by atoms with E-state index >= 15 is 0 Å². The summed E-state index contributed by atoms with van der Waals surface area (Å²) in [4.78, 5) is 35.6. The molecule has 11 heteroatoms. The molecule has 11 nitrogen and oxygen atoms in total. The van der Waals surface area contributed by atoms with Gasteiger partial charge >= 0.3 is 6.03 Å². The molecule has 2 aromatic rings. The predicted molar refractivity (Wildman–Crippen MR) is 119 cm³/mol. The number of fused-ring (bicyclic) bond motifs is 4. The summed E-state index contributed by atoms with van der Waals surface area (Å²) in [5.74, 6) is 5.17. The van der Waals surface area contributed by atoms with Crippen LogP contribution in [-0.2, 0) is 16.7 Å². The number of urea groups is 1. The summed E-state index contributed by atoms with van der Waals surface area (Å²) in [7, 11) is 1.81. The van der Waals surface area contributed by atoms with Crippen LogP contribution in [0.15, 0.2) is 24.5 Å². The molecule has 5 N–H and O–H groups in total. The van der Waals surface area contributed by atoms with Crippen LogP contribution in [0.3, 0.4) is 0 Å². The smallest absolute Gasteiger partial charge is 0.323 e. The molecule has 3 rings (SSSR count). The van der Waals surface area contributed by atoms with Crippen molar-refractivity contribution in [2.24, 2.45) is 18.8 Å². The molecular formula is C21H32N8O3. The lowest BCUT2D eigenvalue weighted by Gasteiger charge is -2.33. The lowest BCUT2D eigenvalue weighted by atomic mass is 9.97. The Bertz CT molecular complexity index is 968. The van der Waals surface area contributed by atoms with Crippen LogP contribution in [0, 0.1) is 5.92 Å². The van der Waals surface area contributed by atoms with Gasteiger partial charge in [0.2, 0.25) is 5.91 Å². The van der Waals surface area contributed by atoms with E-state index < -0.39 is 17.7 Å². The Kier molecular flexibility index (Phi) is 7.12. The van der Waals surface area contributed by atoms with Crippen molar-refractivity contribution in [3.8, 4) is 11.3 Å². The molecule has 0 saturated heterocycles. The van der Waals surface area contributed by atoms with E-state index in [4.69, 9.17) is 10.7 Å². The van der Waals surface area contributed by atoms with Crippen molar-refractivity contribution in [1.29, 1.82) is 0 Å². The van der Waals surface area contributed by atoms with Crippen LogP contribution >= 0.6 is 0 Å². The lowest BCUT2D eigenvalue weighted by molar-refractivity contribution is -0.151. The topological polar surface area (TPSA) is 139 Å². The summed E-state index contributed by atoms with van der Waals surface area (Å²) in [5, 5.41) is 8.61. The minimum atomic E-state index is -0.564. The number of anilines is 1. The van der Waals surface area contributed by atoms with E-state index in [0.29, 0.717) is 30.6 Å². The monoisotopic (exact) mass is 444 g/mol. The van der Waals surface area contributed by atoms with Crippen LogP contribution in [0.4, 0.5) is 10.5 Å². The van der Waals surface area contributed by atoms with Gasteiger partial charge in [-0.2, -0.15) is 5.10 Å². The van der Waals surface area contributed by atoms with Gasteiger partial charge in [-0.05, 0) is 45.7 Å². The number of carbonyl (C=O) groups excluding carboxylic acids is 2. The fourth-order valence-electron chi connectivity index (χ4n) is 3.57. The molecule has 2 atom stereocenters. The molecule has 0 unspecified atom stereocenters. The second-order valence-electron chi connectivity index (χ2n) is 8.96. The summed E-state index contributed by atoms with van der Waals surface area (Å²) in [6, 6.07) is 2.67. The number of hydrogen-bond donors (Lipinski definition) is 4. The number of carbonyl (C=O) groups is 2. The molecule has 174 valence electrons. The highest BCUT2D eigenvalue weighted by Gasteiger charge is 2.30. The standard InChI is InChI=1S/C21H32N8O3/c1-13-7-6-8-17(29(20(31)26-22)27-32-21(2,3)4)15-11-14(9-10-23-15)18-16(25-19(13)30)12-24-28(18)5/h9-13,17,27H,6-8,22H2,1-5H3,(H,25,30)(H,26,31)/t13-,17+/m1/s1. The summed E-state index contributed by atoms with van der Waals surface area (Å²) in [5.41, 5.74) is 7.22. The lowest BCUT2D eigenvalue weighted by Crippen LogP contribution is -2.53. The largest absolute Gasteiger partial charge is 0.348 e. The van der Waals surface area contributed by atoms with Crippen LogP contribution in [0.2, 0.25) is 0 Å². The third-order valence-electron chi connectivity index (χ3n) is 5.26. The number of nitrogens with two attached hydrogens (primary N) is 1. The van der Waals surface area contributed by atoms with Gasteiger partial charge in [0, 0.05) is 24.7 Å². The number of nitrogens with zero attached hydrogens (tertiary/aromatic N) is 4. The van der Waals surface area contributed by atoms with Crippen LogP contribution in [0.1, 0.15) is 58.7 Å². The van der Waals surface area contributed by atoms with E-state index in [-0.39, 0.29) is 11.8 Å². The van der Waals surface area contributed by atoms with Crippen molar-refractivity contribution < 1.29 is 14.4 Å². The van der Waals surface area contributed by atoms with E-state index in [1.54, 1.807) is 17.1 Å². The summed E-state index contributed by atoms with van der Waals surface area (Å²) >= 11 is 0. The average molecular weight is 445 g/mol. The van der Waals surface area contributed by atoms with Gasteiger partial charge in [-0.25, -0.2) is 15.6 Å². The van der Waals surface area contributed by atoms with Crippen LogP contribution in [-0.4, -0.2) is 37.3 Å². The zero-order valence-corrected chi connectivity index (χ0v) is 19.2. The first kappa shape index (κ1) is 23.6. The second-order valence-corrected chi connectivity index (χ2v) is 8.96. The molecule has 2 bridgehead atoms. The number of amides is 3. The summed E-state index contributed by atoms with van der Waals surface area (Å²) in [6.07, 6.45) is 5.16. The molecule has 0 aliphatic carbocycles. The molecule has 3 heterocycles. The summed E-state index contributed by atoms with van der Waals surface area (Å²) in [6.45, 7) is 7.48. The number of rotatable bonds is 3. The fourth-order valence-corrected chi connectivity index (χ4v) is 3.57. The maximum Gasteiger partial charge on any atom is 0.348 e. The Balaban J connectivity index is 2.08. The zero-order chi connectivity index (χ0) is 23.5. The Morgan fingerprint density at radius 2 is 2.12 bits per heavy atom. The van der Waals surface area contributed by atoms with Gasteiger partial charge in [-0.3, -0.25) is 24.7 Å². The van der Waals surface area contributed by atoms with Gasteiger partial charge in [0.25, 0.3) is 0 Å². The van der Waals surface area contributed by atoms with E-state index in [2.05, 4.69) is 26.4 Å². The molecule has 0 spiro atoms. The Hall–Kier alpha value is -3.02. The highest BCUT2D eigenvalue weighted by atomic mass is 16.7. The van der Waals surface area contributed by atoms with Gasteiger partial charge < -0.3 is 5.32 Å². The number of nitrogens with one attached hydrogen (secondary N) is 3. The van der Waals surface area contributed by atoms with E-state index in [1.807, 2.05) is 46.9 Å². The maximum atomic E-state index is 12.7. The van der Waals surface area contributed by atoms with Gasteiger partial charge in [0.1, 0.15) is 0 Å². The Labute approximate surface area is 187 Å². The van der Waals surface area contributed by atoms with E-state index in [0.717, 1.165) is 11.3 Å². The fraction of sp³-hybridized carbons (Fsp3) is 0.524. The molecule has 0 fully saturated rings. The molecule has 0 radical (unpaired) electrons. The van der Waals surface area contributed by atoms with Crippen LogP contribution in [0.25, 0.3) is 11.3 Å². The van der Waals surface area contributed by atoms with Crippen molar-refractivity contribution >= 4 is 17.6 Å². The first-order valence-electron chi connectivity index (χ1n) is 10.6. The molecular weight excluding hydrogens is 412 g/mol. The van der Waals surface area contributed by atoms with E-state index in [1.165, 1.54) is 5.01 Å². The Morgan fingerprint density at radius 3 is 2.81 bits per heavy atom. The number of hydrazine groups is 2. The van der Waals surface area contributed by atoms with Crippen LogP contribution < -0.4 is 22.2 Å². The number of pyridine rings is 1. The average Bonchev–Trinajstić information content (AvgIpc) is 3.10. The summed E-state index contributed by atoms with van der Waals surface area (Å²) < 4.78 is 1.70. The Morgan fingerprint density at radius 1 is 1.38 bits per heavy atom. The first-order valence-corrected chi connectivity index (χ1v) is 10.6. The van der Waals surface area contributed by atoms with Crippen molar-refractivity contribution in [2.75, 3.05) is 5.32 Å². The molecule has 0 saturated carbocycles. The van der Waals surface area contributed by atoms with Crippen molar-refractivity contribution in [3.63, 3.8) is 0 Å². The molecule has 1 aliphatic heterocycles. The molecule has 2 aromatic heterocycles. The number of aromatic nitrogens is 3. The van der Waals surface area contributed by atoms with E-state index in [9.17, 15) is 9.59 Å². The second kappa shape index (κ2) is 9.63. The normalized spacial score (nSPS) is 19.2. The maximum absolute atomic E-state index is 12.7. The van der Waals surface area contributed by atoms with Crippen LogP contribution in [0.5, 0.6) is 0 Å². The quantitative estimate of drug-likeness (QED) is 0.324. The minimum absolute atomic E-state index is 0.0728. The van der Waals surface area contributed by atoms with Gasteiger partial charge in [-0.15, -0.1) is 5.59 Å². The third kappa shape index (κ3) is 5.42. The number of hydrogen-bond acceptors (Lipinski definition) is 7. The zero-order valence-electron chi connectivity index (χ0n) is 19.2. The minimum Gasteiger partial charge on any atom is -0.323 e. The third-order valence-corrected chi connectivity index (χ3v) is 5.26. The molecule has 1 aliphatic rings. The SMILES string of the molecule is C[C@@H]1CCC[C@H](N(NOC(C)(C)C)C(=O)NN)c2cc(ccn2)-c2c(cnn2C)NC1=O. The predicted octanol–water partition coefficient (Wildman–Crippen LogP) is 2.40. The highest BCUT2D eigenvalue weighted by molar-refractivity contribution is 5.95.